The van der Waals surface area contributed by atoms with Crippen molar-refractivity contribution < 1.29 is 24.5 Å². The summed E-state index contributed by atoms with van der Waals surface area (Å²) < 4.78 is 5.45. The number of unbranched alkanes of at least 4 members (excludes halogenated alkanes) is 36. The Morgan fingerprint density at radius 1 is 0.435 bits per heavy atom. The average Bonchev–Trinajstić information content (AvgIpc) is 3.27. The number of carbonyl (C=O) groups excluding carboxylic acids is 2. The molecule has 0 saturated heterocycles. The molecule has 0 spiro atoms. The predicted octanol–water partition coefficient (Wildman–Crippen LogP) is 16.7. The summed E-state index contributed by atoms with van der Waals surface area (Å²) in [7, 11) is 0. The predicted molar refractivity (Wildman–Crippen MR) is 269 cm³/mol. The van der Waals surface area contributed by atoms with Crippen LogP contribution in [0.3, 0.4) is 0 Å². The average molecular weight is 874 g/mol. The number of allylic oxidation sites excluding steroid dienone is 4. The minimum absolute atomic E-state index is 0.0215. The molecule has 62 heavy (non-hydrogen) atoms. The summed E-state index contributed by atoms with van der Waals surface area (Å²) in [5, 5.41) is 23.3. The van der Waals surface area contributed by atoms with Crippen molar-refractivity contribution in [1.82, 2.24) is 5.32 Å². The summed E-state index contributed by atoms with van der Waals surface area (Å²) in [6.07, 6.45) is 61.5. The number of aliphatic hydroxyl groups is 2. The van der Waals surface area contributed by atoms with Gasteiger partial charge in [-0.15, -0.1) is 0 Å². The summed E-state index contributed by atoms with van der Waals surface area (Å²) in [5.41, 5.74) is 0. The molecule has 0 heterocycles. The van der Waals surface area contributed by atoms with Gasteiger partial charge in [-0.3, -0.25) is 9.59 Å². The highest BCUT2D eigenvalue weighted by molar-refractivity contribution is 5.76. The van der Waals surface area contributed by atoms with Gasteiger partial charge >= 0.3 is 5.97 Å². The van der Waals surface area contributed by atoms with E-state index in [1.807, 2.05) is 0 Å². The molecule has 2 unspecified atom stereocenters. The van der Waals surface area contributed by atoms with Crippen molar-refractivity contribution in [3.63, 3.8) is 0 Å². The van der Waals surface area contributed by atoms with Gasteiger partial charge in [0.1, 0.15) is 0 Å². The van der Waals surface area contributed by atoms with Crippen LogP contribution in [0.2, 0.25) is 0 Å². The Balaban J connectivity index is 3.50. The zero-order valence-electron chi connectivity index (χ0n) is 41.6. The Bertz CT molecular complexity index is 966. The number of hydrogen-bond donors (Lipinski definition) is 3. The highest BCUT2D eigenvalue weighted by Gasteiger charge is 2.20. The normalized spacial score (nSPS) is 12.8. The molecular weight excluding hydrogens is 767 g/mol. The van der Waals surface area contributed by atoms with E-state index < -0.39 is 12.1 Å². The monoisotopic (exact) mass is 874 g/mol. The fraction of sp³-hybridized carbons (Fsp3) is 0.893. The Hall–Kier alpha value is -1.66. The van der Waals surface area contributed by atoms with Crippen LogP contribution in [-0.2, 0) is 14.3 Å². The zero-order valence-corrected chi connectivity index (χ0v) is 41.6. The molecule has 1 amide bonds. The molecule has 2 atom stereocenters. The van der Waals surface area contributed by atoms with Crippen LogP contribution < -0.4 is 5.32 Å². The van der Waals surface area contributed by atoms with Crippen LogP contribution in [0.4, 0.5) is 0 Å². The van der Waals surface area contributed by atoms with Gasteiger partial charge in [-0.05, 0) is 77.0 Å². The maximum atomic E-state index is 12.5. The molecule has 0 aromatic heterocycles. The smallest absolute Gasteiger partial charge is 0.305 e. The SMILES string of the molecule is CCCCCC/C=C\CCCCCCCC(=O)OCCCCCCCC/C=C\CCCCCC(=O)NC(CO)C(O)CCCCCCCCCCCCCCCCCCCCC. The summed E-state index contributed by atoms with van der Waals surface area (Å²) in [5.74, 6) is -0.0849. The third-order valence-electron chi connectivity index (χ3n) is 12.7. The number of aliphatic hydroxyl groups excluding tert-OH is 2. The Morgan fingerprint density at radius 3 is 1.18 bits per heavy atom. The maximum absolute atomic E-state index is 12.5. The highest BCUT2D eigenvalue weighted by Crippen LogP contribution is 2.17. The Kier molecular flexibility index (Phi) is 50.6. The molecule has 3 N–H and O–H groups in total. The van der Waals surface area contributed by atoms with E-state index in [4.69, 9.17) is 4.74 Å². The van der Waals surface area contributed by atoms with Gasteiger partial charge in [0.15, 0.2) is 0 Å². The molecule has 0 aromatic rings. The van der Waals surface area contributed by atoms with Gasteiger partial charge in [0.25, 0.3) is 0 Å². The van der Waals surface area contributed by atoms with Gasteiger partial charge < -0.3 is 20.3 Å². The van der Waals surface area contributed by atoms with Gasteiger partial charge in [0, 0.05) is 12.8 Å². The molecule has 0 aliphatic carbocycles. The van der Waals surface area contributed by atoms with Gasteiger partial charge in [-0.25, -0.2) is 0 Å². The lowest BCUT2D eigenvalue weighted by molar-refractivity contribution is -0.143. The minimum Gasteiger partial charge on any atom is -0.466 e. The molecule has 0 bridgehead atoms. The summed E-state index contributed by atoms with van der Waals surface area (Å²) in [6.45, 7) is 4.90. The van der Waals surface area contributed by atoms with Crippen molar-refractivity contribution in [2.75, 3.05) is 13.2 Å². The second kappa shape index (κ2) is 52.0. The number of ether oxygens (including phenoxy) is 1. The third kappa shape index (κ3) is 47.8. The number of hydrogen-bond acceptors (Lipinski definition) is 5. The van der Waals surface area contributed by atoms with Crippen molar-refractivity contribution in [1.29, 1.82) is 0 Å². The largest absolute Gasteiger partial charge is 0.466 e. The van der Waals surface area contributed by atoms with E-state index in [9.17, 15) is 19.8 Å². The molecule has 0 rings (SSSR count). The van der Waals surface area contributed by atoms with Gasteiger partial charge in [-0.2, -0.15) is 0 Å². The van der Waals surface area contributed by atoms with E-state index in [2.05, 4.69) is 43.5 Å². The van der Waals surface area contributed by atoms with Crippen LogP contribution in [-0.4, -0.2) is 47.4 Å². The summed E-state index contributed by atoms with van der Waals surface area (Å²) in [4.78, 5) is 24.5. The molecular formula is C56H107NO5. The van der Waals surface area contributed by atoms with Crippen LogP contribution in [0.25, 0.3) is 0 Å². The number of nitrogens with one attached hydrogen (secondary N) is 1. The lowest BCUT2D eigenvalue weighted by Gasteiger charge is -2.22. The molecule has 0 fully saturated rings. The number of esters is 1. The second-order valence-corrected chi connectivity index (χ2v) is 18.9. The van der Waals surface area contributed by atoms with E-state index in [1.54, 1.807) is 0 Å². The number of carbonyl (C=O) groups is 2. The van der Waals surface area contributed by atoms with Crippen LogP contribution in [0.1, 0.15) is 296 Å². The molecule has 0 aliphatic heterocycles. The first-order valence-corrected chi connectivity index (χ1v) is 27.6. The Morgan fingerprint density at radius 2 is 0.758 bits per heavy atom. The van der Waals surface area contributed by atoms with Crippen molar-refractivity contribution in [2.45, 2.75) is 309 Å². The van der Waals surface area contributed by atoms with E-state index in [0.717, 1.165) is 70.6 Å². The molecule has 6 nitrogen and oxygen atoms in total. The van der Waals surface area contributed by atoms with Gasteiger partial charge in [0.05, 0.1) is 25.4 Å². The van der Waals surface area contributed by atoms with Crippen molar-refractivity contribution in [3.8, 4) is 0 Å². The van der Waals surface area contributed by atoms with Gasteiger partial charge in [-0.1, -0.05) is 231 Å². The van der Waals surface area contributed by atoms with Crippen molar-refractivity contribution in [2.24, 2.45) is 0 Å². The molecule has 0 radical (unpaired) electrons. The van der Waals surface area contributed by atoms with Crippen molar-refractivity contribution >= 4 is 11.9 Å². The fourth-order valence-corrected chi connectivity index (χ4v) is 8.45. The summed E-state index contributed by atoms with van der Waals surface area (Å²) in [6, 6.07) is -0.562. The fourth-order valence-electron chi connectivity index (χ4n) is 8.45. The third-order valence-corrected chi connectivity index (χ3v) is 12.7. The zero-order chi connectivity index (χ0) is 45.1. The quantitative estimate of drug-likeness (QED) is 0.0321. The van der Waals surface area contributed by atoms with Crippen LogP contribution in [0, 0.1) is 0 Å². The lowest BCUT2D eigenvalue weighted by atomic mass is 10.0. The highest BCUT2D eigenvalue weighted by atomic mass is 16.5. The molecule has 0 aliphatic rings. The van der Waals surface area contributed by atoms with Gasteiger partial charge in [0.2, 0.25) is 5.91 Å². The second-order valence-electron chi connectivity index (χ2n) is 18.9. The van der Waals surface area contributed by atoms with Crippen molar-refractivity contribution in [3.05, 3.63) is 24.3 Å². The van der Waals surface area contributed by atoms with Crippen LogP contribution >= 0.6 is 0 Å². The van der Waals surface area contributed by atoms with Crippen LogP contribution in [0.15, 0.2) is 24.3 Å². The number of amides is 1. The van der Waals surface area contributed by atoms with E-state index >= 15 is 0 Å². The topological polar surface area (TPSA) is 95.9 Å². The molecule has 0 aromatic carbocycles. The first-order chi connectivity index (χ1) is 30.5. The lowest BCUT2D eigenvalue weighted by Crippen LogP contribution is -2.45. The molecule has 6 heteroatoms. The number of rotatable bonds is 51. The maximum Gasteiger partial charge on any atom is 0.305 e. The first kappa shape index (κ1) is 60.3. The summed E-state index contributed by atoms with van der Waals surface area (Å²) >= 11 is 0. The van der Waals surface area contributed by atoms with E-state index in [-0.39, 0.29) is 18.5 Å². The van der Waals surface area contributed by atoms with E-state index in [0.29, 0.717) is 25.9 Å². The van der Waals surface area contributed by atoms with E-state index in [1.165, 1.54) is 193 Å². The minimum atomic E-state index is -0.682. The first-order valence-electron chi connectivity index (χ1n) is 27.6. The van der Waals surface area contributed by atoms with Crippen LogP contribution in [0.5, 0.6) is 0 Å². The molecule has 366 valence electrons. The molecule has 0 saturated carbocycles. The standard InChI is InChI=1S/C56H107NO5/c1-3-5-7-9-11-13-15-17-18-19-20-21-22-25-28-32-36-40-44-48-54(59)53(52-58)57-55(60)49-45-41-37-33-29-26-23-27-31-35-39-43-47-51-62-56(61)50-46-42-38-34-30-24-16-14-12-10-8-6-4-2/h14,16,26,29,53-54,58-59H,3-13,15,17-25,27-28,30-52H2,1-2H3,(H,57,60)/b16-14-,29-26-. The Labute approximate surface area is 386 Å².